The Morgan fingerprint density at radius 1 is 1.09 bits per heavy atom. The standard InChI is InChI=1S/C36H47F2N5O/c1-4-39-34(30-13-8-12-29-11-6-5-7-14-31(37)32(29)30)33(38)25(2)40-35(44-24-36-17-9-19-43(36)20-10-18-36)41-26(3)42-22-27-15-16-28(21-27)23-42/h4,6,8,11-13,27-28,31H,3,5,7,9-10,14-24H2,1-2H3/b11-6-,34-33+,39-4?,40-25+,41-35+. The lowest BCUT2D eigenvalue weighted by Gasteiger charge is -2.33. The zero-order chi connectivity index (χ0) is 30.7. The maximum Gasteiger partial charge on any atom is 0.318 e. The highest BCUT2D eigenvalue weighted by Gasteiger charge is 2.45. The number of allylic oxidation sites excluding steroid dienone is 2. The van der Waals surface area contributed by atoms with Crippen LogP contribution in [0, 0.1) is 11.8 Å². The Hall–Kier alpha value is -3.13. The Labute approximate surface area is 261 Å². The van der Waals surface area contributed by atoms with Gasteiger partial charge in [-0.2, -0.15) is 9.98 Å². The fourth-order valence-electron chi connectivity index (χ4n) is 8.14. The molecular formula is C36H47F2N5O. The number of hydrogen-bond donors (Lipinski definition) is 0. The van der Waals surface area contributed by atoms with E-state index in [9.17, 15) is 0 Å². The van der Waals surface area contributed by atoms with Crippen molar-refractivity contribution < 1.29 is 13.5 Å². The second-order valence-corrected chi connectivity index (χ2v) is 13.3. The van der Waals surface area contributed by atoms with Gasteiger partial charge in [0.15, 0.2) is 5.83 Å². The Morgan fingerprint density at radius 2 is 1.84 bits per heavy atom. The van der Waals surface area contributed by atoms with Crippen LogP contribution in [0.15, 0.2) is 57.5 Å². The van der Waals surface area contributed by atoms with E-state index in [0.29, 0.717) is 41.8 Å². The summed E-state index contributed by atoms with van der Waals surface area (Å²) in [4.78, 5) is 18.6. The summed E-state index contributed by atoms with van der Waals surface area (Å²) in [6.45, 7) is 12.2. The number of hydrogen-bond acceptors (Lipinski definition) is 5. The molecule has 3 aliphatic heterocycles. The van der Waals surface area contributed by atoms with E-state index in [1.807, 2.05) is 18.2 Å². The minimum Gasteiger partial charge on any atom is -0.461 e. The number of halogens is 2. The van der Waals surface area contributed by atoms with Crippen molar-refractivity contribution in [3.8, 4) is 0 Å². The van der Waals surface area contributed by atoms with Gasteiger partial charge in [-0.3, -0.25) is 9.89 Å². The Balaban J connectivity index is 1.34. The molecule has 236 valence electrons. The van der Waals surface area contributed by atoms with Crippen molar-refractivity contribution in [1.29, 1.82) is 0 Å². The third-order valence-electron chi connectivity index (χ3n) is 10.4. The molecule has 3 atom stereocenters. The predicted molar refractivity (Wildman–Crippen MR) is 176 cm³/mol. The van der Waals surface area contributed by atoms with Crippen molar-refractivity contribution in [2.24, 2.45) is 26.8 Å². The van der Waals surface area contributed by atoms with Gasteiger partial charge >= 0.3 is 6.02 Å². The van der Waals surface area contributed by atoms with Gasteiger partial charge in [-0.1, -0.05) is 36.9 Å². The molecule has 1 aromatic carbocycles. The molecule has 2 aliphatic carbocycles. The monoisotopic (exact) mass is 603 g/mol. The highest BCUT2D eigenvalue weighted by atomic mass is 19.1. The zero-order valence-corrected chi connectivity index (χ0v) is 26.4. The first kappa shape index (κ1) is 30.9. The van der Waals surface area contributed by atoms with Crippen molar-refractivity contribution in [2.45, 2.75) is 89.8 Å². The van der Waals surface area contributed by atoms with E-state index < -0.39 is 12.0 Å². The first-order chi connectivity index (χ1) is 21.4. The first-order valence-electron chi connectivity index (χ1n) is 16.7. The lowest BCUT2D eigenvalue weighted by molar-refractivity contribution is 0.105. The molecule has 3 unspecified atom stereocenters. The smallest absolute Gasteiger partial charge is 0.318 e. The number of nitrogens with zero attached hydrogens (tertiary/aromatic N) is 5. The van der Waals surface area contributed by atoms with Crippen LogP contribution < -0.4 is 0 Å². The van der Waals surface area contributed by atoms with Crippen LogP contribution in [0.5, 0.6) is 0 Å². The van der Waals surface area contributed by atoms with Crippen molar-refractivity contribution in [1.82, 2.24) is 9.80 Å². The summed E-state index contributed by atoms with van der Waals surface area (Å²) in [6, 6.07) is 5.59. The summed E-state index contributed by atoms with van der Waals surface area (Å²) in [7, 11) is 0. The topological polar surface area (TPSA) is 52.8 Å². The third-order valence-corrected chi connectivity index (χ3v) is 10.4. The summed E-state index contributed by atoms with van der Waals surface area (Å²) in [5.74, 6) is 1.35. The molecule has 0 amide bonds. The summed E-state index contributed by atoms with van der Waals surface area (Å²) in [5, 5.41) is 0. The number of alkyl halides is 1. The van der Waals surface area contributed by atoms with Crippen molar-refractivity contribution >= 4 is 29.7 Å². The lowest BCUT2D eigenvalue weighted by Crippen LogP contribution is -2.43. The lowest BCUT2D eigenvalue weighted by atomic mass is 9.90. The number of piperidine rings is 1. The summed E-state index contributed by atoms with van der Waals surface area (Å²) in [5.41, 5.74) is 1.85. The SMILES string of the molecule is C=C(\N=C(/N=C(C)/C(F)=C(\N=CC)c1cccc2c1C(F)CCC/C=C\2)OCC12CCCN1CCC2)N1CC2CCC(C2)C1. The van der Waals surface area contributed by atoms with Crippen LogP contribution in [0.4, 0.5) is 8.78 Å². The van der Waals surface area contributed by atoms with Crippen LogP contribution in [-0.2, 0) is 4.74 Å². The first-order valence-corrected chi connectivity index (χ1v) is 16.7. The zero-order valence-electron chi connectivity index (χ0n) is 26.4. The maximum atomic E-state index is 16.5. The molecule has 0 N–H and O–H groups in total. The van der Waals surface area contributed by atoms with Crippen molar-refractivity contribution in [3.05, 3.63) is 59.2 Å². The highest BCUT2D eigenvalue weighted by Crippen LogP contribution is 2.40. The van der Waals surface area contributed by atoms with Gasteiger partial charge in [-0.25, -0.2) is 8.78 Å². The molecule has 44 heavy (non-hydrogen) atoms. The van der Waals surface area contributed by atoms with Gasteiger partial charge in [-0.05, 0) is 109 Å². The number of likely N-dealkylation sites (tertiary alicyclic amines) is 1. The van der Waals surface area contributed by atoms with Gasteiger partial charge in [0.05, 0.1) is 11.3 Å². The molecule has 3 heterocycles. The van der Waals surface area contributed by atoms with Crippen LogP contribution in [0.2, 0.25) is 0 Å². The average molecular weight is 604 g/mol. The molecule has 0 aromatic heterocycles. The highest BCUT2D eigenvalue weighted by molar-refractivity contribution is 6.08. The fraction of sp³-hybridized carbons (Fsp3) is 0.583. The van der Waals surface area contributed by atoms with Gasteiger partial charge in [0.25, 0.3) is 0 Å². The number of aliphatic imine (C=N–C) groups is 3. The predicted octanol–water partition coefficient (Wildman–Crippen LogP) is 8.29. The second-order valence-electron chi connectivity index (χ2n) is 13.3. The van der Waals surface area contributed by atoms with E-state index in [1.165, 1.54) is 19.3 Å². The number of rotatable bonds is 7. The minimum absolute atomic E-state index is 0.00815. The molecule has 0 radical (unpaired) electrons. The second kappa shape index (κ2) is 13.5. The van der Waals surface area contributed by atoms with Crippen molar-refractivity contribution in [3.63, 3.8) is 0 Å². The summed E-state index contributed by atoms with van der Waals surface area (Å²) >= 11 is 0. The van der Waals surface area contributed by atoms with E-state index >= 15 is 8.78 Å². The van der Waals surface area contributed by atoms with Crippen LogP contribution in [0.1, 0.15) is 101 Å². The molecular weight excluding hydrogens is 556 g/mol. The molecule has 5 aliphatic rings. The van der Waals surface area contributed by atoms with E-state index in [1.54, 1.807) is 26.1 Å². The van der Waals surface area contributed by atoms with E-state index in [4.69, 9.17) is 9.73 Å². The van der Waals surface area contributed by atoms with Crippen LogP contribution in [-0.4, -0.2) is 66.1 Å². The number of ether oxygens (including phenoxy) is 1. The quantitative estimate of drug-likeness (QED) is 0.233. The van der Waals surface area contributed by atoms with E-state index in [2.05, 4.69) is 32.4 Å². The van der Waals surface area contributed by atoms with Crippen LogP contribution >= 0.6 is 0 Å². The normalized spacial score (nSPS) is 28.4. The van der Waals surface area contributed by atoms with E-state index in [0.717, 1.165) is 70.3 Å². The van der Waals surface area contributed by atoms with Gasteiger partial charge < -0.3 is 9.64 Å². The molecule has 2 bridgehead atoms. The van der Waals surface area contributed by atoms with Gasteiger partial charge in [0, 0.05) is 30.4 Å². The van der Waals surface area contributed by atoms with Gasteiger partial charge in [0.1, 0.15) is 24.3 Å². The molecule has 1 aromatic rings. The molecule has 1 saturated carbocycles. The third kappa shape index (κ3) is 6.46. The molecule has 3 saturated heterocycles. The van der Waals surface area contributed by atoms with Crippen LogP contribution in [0.25, 0.3) is 11.8 Å². The van der Waals surface area contributed by atoms with Crippen LogP contribution in [0.3, 0.4) is 0 Å². The molecule has 6 nitrogen and oxygen atoms in total. The molecule has 0 spiro atoms. The minimum atomic E-state index is -1.21. The average Bonchev–Trinajstić information content (AvgIpc) is 3.70. The summed E-state index contributed by atoms with van der Waals surface area (Å²) < 4.78 is 38.4. The number of amidine groups is 1. The molecule has 4 fully saturated rings. The number of benzene rings is 1. The largest absolute Gasteiger partial charge is 0.461 e. The number of fused-ring (bicyclic) bond motifs is 4. The Kier molecular flexibility index (Phi) is 9.45. The fourth-order valence-corrected chi connectivity index (χ4v) is 8.14. The van der Waals surface area contributed by atoms with E-state index in [-0.39, 0.29) is 23.0 Å². The van der Waals surface area contributed by atoms with Gasteiger partial charge in [-0.15, -0.1) is 0 Å². The Morgan fingerprint density at radius 3 is 2.57 bits per heavy atom. The molecule has 8 heteroatoms. The Bertz CT molecular complexity index is 1370. The van der Waals surface area contributed by atoms with Gasteiger partial charge in [0.2, 0.25) is 0 Å². The van der Waals surface area contributed by atoms with Crippen molar-refractivity contribution in [2.75, 3.05) is 32.8 Å². The summed E-state index contributed by atoms with van der Waals surface area (Å²) in [6.07, 6.45) is 14.5. The molecule has 6 rings (SSSR count). The maximum absolute atomic E-state index is 16.5.